The Morgan fingerprint density at radius 2 is 1.31 bits per heavy atom. The lowest BCUT2D eigenvalue weighted by Gasteiger charge is -2.37. The van der Waals surface area contributed by atoms with Gasteiger partial charge in [-0.25, -0.2) is 9.78 Å². The van der Waals surface area contributed by atoms with E-state index in [-0.39, 0.29) is 24.6 Å². The van der Waals surface area contributed by atoms with Crippen molar-refractivity contribution in [2.24, 2.45) is 0 Å². The van der Waals surface area contributed by atoms with Crippen LogP contribution in [0.5, 0.6) is 11.5 Å². The van der Waals surface area contributed by atoms with Crippen LogP contribution in [0.1, 0.15) is 55.1 Å². The molecule has 1 aliphatic rings. The molecule has 0 spiro atoms. The van der Waals surface area contributed by atoms with Crippen LogP contribution in [0.15, 0.2) is 93.1 Å². The topological polar surface area (TPSA) is 181 Å². The van der Waals surface area contributed by atoms with Gasteiger partial charge in [-0.15, -0.1) is 0 Å². The van der Waals surface area contributed by atoms with Crippen LogP contribution in [0, 0.1) is 27.7 Å². The molecule has 314 valence electrons. The number of carbonyl (C=O) groups excluding carboxylic acids is 2. The van der Waals surface area contributed by atoms with Crippen LogP contribution in [0.25, 0.3) is 33.3 Å². The Labute approximate surface area is 351 Å². The van der Waals surface area contributed by atoms with E-state index in [9.17, 15) is 14.4 Å². The third-order valence-corrected chi connectivity index (χ3v) is 9.95. The van der Waals surface area contributed by atoms with Crippen LogP contribution in [0.3, 0.4) is 0 Å². The maximum Gasteiger partial charge on any atom is 0.415 e. The lowest BCUT2D eigenvalue weighted by Crippen LogP contribution is -2.49. The van der Waals surface area contributed by atoms with E-state index in [0.717, 1.165) is 33.8 Å². The summed E-state index contributed by atoms with van der Waals surface area (Å²) in [6.45, 7) is 13.2. The number of amides is 2. The summed E-state index contributed by atoms with van der Waals surface area (Å²) < 4.78 is 29.2. The summed E-state index contributed by atoms with van der Waals surface area (Å²) in [5, 5.41) is 8.08. The van der Waals surface area contributed by atoms with E-state index >= 15 is 0 Å². The van der Waals surface area contributed by atoms with Crippen molar-refractivity contribution >= 4 is 34.4 Å². The smallest absolute Gasteiger partial charge is 0.415 e. The molecule has 61 heavy (non-hydrogen) atoms. The standard InChI is InChI=1S/C25H28N4O5.C20H18N4O3/c1-15-23(16(2)34-27-15)18-11-19-20(12-21(18)32-6)28(13-17-9-7-8-10-26-17)22(30)14-29(19)24(31)33-25(3,4)5;1-12-20(13(2)27-23-12)15-8-16-17(9-18(15)26-3)24(19(25)10-22-16)11-14-6-4-5-7-21-14/h7-12H,13-14H2,1-6H3;4-10H,11H2,1-3H3. The molecule has 0 radical (unpaired) electrons. The Balaban J connectivity index is 0.000000189. The fraction of sp³-hybridized carbons (Fsp3) is 0.289. The zero-order valence-electron chi connectivity index (χ0n) is 35.5. The van der Waals surface area contributed by atoms with Crippen LogP contribution in [0.4, 0.5) is 16.2 Å². The number of ether oxygens (including phenoxy) is 3. The van der Waals surface area contributed by atoms with Gasteiger partial charge in [0.25, 0.3) is 5.56 Å². The summed E-state index contributed by atoms with van der Waals surface area (Å²) in [4.78, 5) is 54.8. The van der Waals surface area contributed by atoms with Crippen molar-refractivity contribution in [3.8, 4) is 33.8 Å². The van der Waals surface area contributed by atoms with Gasteiger partial charge in [-0.2, -0.15) is 0 Å². The molecule has 1 aliphatic heterocycles. The van der Waals surface area contributed by atoms with Crippen LogP contribution in [-0.2, 0) is 22.6 Å². The zero-order valence-corrected chi connectivity index (χ0v) is 35.5. The predicted molar refractivity (Wildman–Crippen MR) is 228 cm³/mol. The molecule has 16 heteroatoms. The van der Waals surface area contributed by atoms with Gasteiger partial charge in [-0.1, -0.05) is 22.4 Å². The number of anilines is 2. The van der Waals surface area contributed by atoms with Crippen LogP contribution in [0.2, 0.25) is 0 Å². The highest BCUT2D eigenvalue weighted by atomic mass is 16.6. The van der Waals surface area contributed by atoms with E-state index in [1.807, 2.05) is 82.3 Å². The molecule has 6 heterocycles. The number of aromatic nitrogens is 6. The average molecular weight is 827 g/mol. The molecule has 0 atom stereocenters. The highest BCUT2D eigenvalue weighted by molar-refractivity contribution is 6.10. The summed E-state index contributed by atoms with van der Waals surface area (Å²) in [5.74, 6) is 2.22. The highest BCUT2D eigenvalue weighted by Gasteiger charge is 2.37. The van der Waals surface area contributed by atoms with Gasteiger partial charge in [0.15, 0.2) is 0 Å². The monoisotopic (exact) mass is 826 g/mol. The molecule has 0 fully saturated rings. The molecular formula is C45H46N8O8. The fourth-order valence-electron chi connectivity index (χ4n) is 7.21. The number of hydrogen-bond donors (Lipinski definition) is 0. The Hall–Kier alpha value is -7.36. The summed E-state index contributed by atoms with van der Waals surface area (Å²) in [5.41, 5.74) is 7.67. The Kier molecular flexibility index (Phi) is 11.7. The van der Waals surface area contributed by atoms with Crippen molar-refractivity contribution < 1.29 is 32.8 Å². The van der Waals surface area contributed by atoms with Gasteiger partial charge in [0.1, 0.15) is 35.2 Å². The first-order valence-corrected chi connectivity index (χ1v) is 19.4. The van der Waals surface area contributed by atoms with Crippen LogP contribution < -0.4 is 24.8 Å². The minimum Gasteiger partial charge on any atom is -0.496 e. The Bertz CT molecular complexity index is 2750. The molecule has 2 aromatic carbocycles. The molecular weight excluding hydrogens is 781 g/mol. The van der Waals surface area contributed by atoms with Crippen molar-refractivity contribution in [1.82, 2.24) is 29.8 Å². The first-order chi connectivity index (χ1) is 29.2. The predicted octanol–water partition coefficient (Wildman–Crippen LogP) is 7.77. The molecule has 8 rings (SSSR count). The Morgan fingerprint density at radius 3 is 1.84 bits per heavy atom. The number of aryl methyl sites for hydroxylation is 4. The van der Waals surface area contributed by atoms with Crippen molar-refractivity contribution in [2.75, 3.05) is 30.6 Å². The molecule has 7 aromatic rings. The van der Waals surface area contributed by atoms with Gasteiger partial charge in [0.2, 0.25) is 5.91 Å². The number of carbonyl (C=O) groups is 2. The first-order valence-electron chi connectivity index (χ1n) is 19.4. The summed E-state index contributed by atoms with van der Waals surface area (Å²) in [6.07, 6.45) is 4.11. The SMILES string of the molecule is COc1cc2c(cc1-c1c(C)noc1C)N(C(=O)OC(C)(C)C)CC(=O)N2Cc1ccccn1.COc1cc2c(cc1-c1c(C)noc1C)ncc(=O)n2Cc1ccccn1. The number of rotatable bonds is 8. The van der Waals surface area contributed by atoms with Gasteiger partial charge < -0.3 is 28.2 Å². The minimum atomic E-state index is -0.720. The van der Waals surface area contributed by atoms with E-state index in [4.69, 9.17) is 23.3 Å². The fourth-order valence-corrected chi connectivity index (χ4v) is 7.21. The molecule has 0 saturated carbocycles. The number of hydrogen-bond acceptors (Lipinski definition) is 13. The maximum atomic E-state index is 13.2. The van der Waals surface area contributed by atoms with Crippen LogP contribution >= 0.6 is 0 Å². The molecule has 0 N–H and O–H groups in total. The van der Waals surface area contributed by atoms with E-state index in [2.05, 4.69) is 25.3 Å². The normalized spacial score (nSPS) is 12.5. The van der Waals surface area contributed by atoms with E-state index in [1.165, 1.54) is 11.1 Å². The van der Waals surface area contributed by atoms with Gasteiger partial charge in [0, 0.05) is 35.7 Å². The molecule has 5 aromatic heterocycles. The van der Waals surface area contributed by atoms with E-state index in [0.29, 0.717) is 63.2 Å². The molecule has 0 bridgehead atoms. The molecule has 0 unspecified atom stereocenters. The Morgan fingerprint density at radius 1 is 0.738 bits per heavy atom. The van der Waals surface area contributed by atoms with Crippen molar-refractivity contribution in [3.05, 3.63) is 124 Å². The number of methoxy groups -OCH3 is 2. The molecule has 16 nitrogen and oxygen atoms in total. The molecule has 0 saturated heterocycles. The van der Waals surface area contributed by atoms with Crippen molar-refractivity contribution in [1.29, 1.82) is 0 Å². The molecule has 0 aliphatic carbocycles. The van der Waals surface area contributed by atoms with Gasteiger partial charge in [-0.05, 0) is 84.9 Å². The third kappa shape index (κ3) is 8.69. The zero-order chi connectivity index (χ0) is 43.6. The quantitative estimate of drug-likeness (QED) is 0.145. The van der Waals surface area contributed by atoms with E-state index in [1.54, 1.807) is 62.9 Å². The van der Waals surface area contributed by atoms with Crippen molar-refractivity contribution in [2.45, 2.75) is 67.2 Å². The van der Waals surface area contributed by atoms with Crippen LogP contribution in [-0.4, -0.2) is 68.2 Å². The first kappa shape index (κ1) is 41.8. The largest absolute Gasteiger partial charge is 0.496 e. The number of nitrogens with zero attached hydrogens (tertiary/aromatic N) is 8. The van der Waals surface area contributed by atoms with Gasteiger partial charge in [-0.3, -0.25) is 29.0 Å². The lowest BCUT2D eigenvalue weighted by molar-refractivity contribution is -0.117. The lowest BCUT2D eigenvalue weighted by atomic mass is 9.99. The number of fused-ring (bicyclic) bond motifs is 2. The van der Waals surface area contributed by atoms with Gasteiger partial charge in [0.05, 0.1) is 89.8 Å². The second kappa shape index (κ2) is 17.1. The summed E-state index contributed by atoms with van der Waals surface area (Å²) in [6, 6.07) is 18.5. The average Bonchev–Trinajstić information content (AvgIpc) is 3.76. The molecule has 2 amide bonds. The van der Waals surface area contributed by atoms with E-state index < -0.39 is 11.7 Å². The summed E-state index contributed by atoms with van der Waals surface area (Å²) >= 11 is 0. The number of benzene rings is 2. The highest BCUT2D eigenvalue weighted by Crippen LogP contribution is 2.45. The van der Waals surface area contributed by atoms with Crippen molar-refractivity contribution in [3.63, 3.8) is 0 Å². The summed E-state index contributed by atoms with van der Waals surface area (Å²) in [7, 11) is 3.16. The number of pyridine rings is 2. The third-order valence-electron chi connectivity index (χ3n) is 9.95. The minimum absolute atomic E-state index is 0.165. The second-order valence-electron chi connectivity index (χ2n) is 15.4. The van der Waals surface area contributed by atoms with Gasteiger partial charge >= 0.3 is 6.09 Å². The maximum absolute atomic E-state index is 13.2. The second-order valence-corrected chi connectivity index (χ2v) is 15.4.